The van der Waals surface area contributed by atoms with Crippen LogP contribution in [-0.2, 0) is 10.8 Å². The molecular formula is C13H18N2. The maximum Gasteiger partial charge on any atom is 0.0937 e. The van der Waals surface area contributed by atoms with Gasteiger partial charge in [-0.15, -0.1) is 0 Å². The van der Waals surface area contributed by atoms with E-state index in [-0.39, 0.29) is 5.41 Å². The summed E-state index contributed by atoms with van der Waals surface area (Å²) < 4.78 is 0. The van der Waals surface area contributed by atoms with Crippen molar-refractivity contribution in [2.45, 2.75) is 45.4 Å². The number of rotatable bonds is 1. The summed E-state index contributed by atoms with van der Waals surface area (Å²) in [5.41, 5.74) is 1.65. The van der Waals surface area contributed by atoms with Gasteiger partial charge in [0.15, 0.2) is 0 Å². The van der Waals surface area contributed by atoms with Crippen LogP contribution in [0.2, 0.25) is 0 Å². The summed E-state index contributed by atoms with van der Waals surface area (Å²) in [6.45, 7) is 10.3. The molecule has 0 fully saturated rings. The Hall–Kier alpha value is -1.36. The summed E-state index contributed by atoms with van der Waals surface area (Å²) in [6, 6.07) is 6.32. The molecular weight excluding hydrogens is 184 g/mol. The van der Waals surface area contributed by atoms with E-state index in [1.165, 1.54) is 5.56 Å². The number of nitriles is 1. The third kappa shape index (κ3) is 2.56. The van der Waals surface area contributed by atoms with Crippen molar-refractivity contribution in [2.24, 2.45) is 0 Å². The fourth-order valence-corrected chi connectivity index (χ4v) is 1.30. The molecule has 0 saturated carbocycles. The first-order chi connectivity index (χ1) is 6.77. The van der Waals surface area contributed by atoms with Gasteiger partial charge in [-0.05, 0) is 37.0 Å². The molecule has 0 unspecified atom stereocenters. The highest BCUT2D eigenvalue weighted by molar-refractivity contribution is 5.30. The van der Waals surface area contributed by atoms with Crippen molar-refractivity contribution in [3.05, 3.63) is 29.6 Å². The summed E-state index contributed by atoms with van der Waals surface area (Å²) in [6.07, 6.45) is 1.79. The van der Waals surface area contributed by atoms with Gasteiger partial charge in [-0.2, -0.15) is 5.26 Å². The highest BCUT2D eigenvalue weighted by atomic mass is 14.7. The molecule has 0 saturated heterocycles. The van der Waals surface area contributed by atoms with E-state index in [4.69, 9.17) is 5.26 Å². The maximum atomic E-state index is 9.05. The number of aromatic nitrogens is 1. The first-order valence-corrected chi connectivity index (χ1v) is 5.15. The summed E-state index contributed by atoms with van der Waals surface area (Å²) in [7, 11) is 0. The largest absolute Gasteiger partial charge is 0.260 e. The van der Waals surface area contributed by atoms with E-state index in [0.717, 1.165) is 5.69 Å². The molecule has 0 amide bonds. The molecule has 0 spiro atoms. The second-order valence-electron chi connectivity index (χ2n) is 5.42. The average Bonchev–Trinajstić information content (AvgIpc) is 2.17. The van der Waals surface area contributed by atoms with Gasteiger partial charge in [0.2, 0.25) is 0 Å². The predicted molar refractivity (Wildman–Crippen MR) is 61.6 cm³/mol. The molecule has 1 aromatic heterocycles. The van der Waals surface area contributed by atoms with Crippen LogP contribution in [0.3, 0.4) is 0 Å². The van der Waals surface area contributed by atoms with E-state index in [2.05, 4.69) is 31.8 Å². The molecule has 1 aromatic rings. The molecule has 0 aliphatic heterocycles. The standard InChI is InChI=1S/C13H18N2/c1-12(2,3)10-6-7-15-11(8-10)13(4,5)9-14/h6-8H,1-5H3. The quantitative estimate of drug-likeness (QED) is 0.701. The van der Waals surface area contributed by atoms with Crippen molar-refractivity contribution in [3.8, 4) is 6.07 Å². The van der Waals surface area contributed by atoms with E-state index in [0.29, 0.717) is 0 Å². The van der Waals surface area contributed by atoms with E-state index < -0.39 is 5.41 Å². The Morgan fingerprint density at radius 3 is 2.27 bits per heavy atom. The summed E-state index contributed by atoms with van der Waals surface area (Å²) in [5.74, 6) is 0. The topological polar surface area (TPSA) is 36.7 Å². The zero-order valence-corrected chi connectivity index (χ0v) is 10.1. The Morgan fingerprint density at radius 2 is 1.80 bits per heavy atom. The molecule has 1 heterocycles. The molecule has 15 heavy (non-hydrogen) atoms. The maximum absolute atomic E-state index is 9.05. The molecule has 0 radical (unpaired) electrons. The van der Waals surface area contributed by atoms with Gasteiger partial charge in [-0.25, -0.2) is 0 Å². The van der Waals surface area contributed by atoms with Crippen LogP contribution in [0.1, 0.15) is 45.9 Å². The lowest BCUT2D eigenvalue weighted by molar-refractivity contribution is 0.580. The third-order valence-corrected chi connectivity index (χ3v) is 2.55. The smallest absolute Gasteiger partial charge is 0.0937 e. The Morgan fingerprint density at radius 1 is 1.20 bits per heavy atom. The Kier molecular flexibility index (Phi) is 2.86. The van der Waals surface area contributed by atoms with Crippen LogP contribution in [0.5, 0.6) is 0 Å². The average molecular weight is 202 g/mol. The van der Waals surface area contributed by atoms with Crippen LogP contribution in [0.25, 0.3) is 0 Å². The molecule has 2 nitrogen and oxygen atoms in total. The van der Waals surface area contributed by atoms with Gasteiger partial charge in [0.1, 0.15) is 0 Å². The molecule has 80 valence electrons. The first kappa shape index (κ1) is 11.7. The second kappa shape index (κ2) is 3.66. The summed E-state index contributed by atoms with van der Waals surface area (Å²) >= 11 is 0. The van der Waals surface area contributed by atoms with Crippen molar-refractivity contribution in [2.75, 3.05) is 0 Å². The molecule has 0 bridgehead atoms. The SMILES string of the molecule is CC(C)(C)c1ccnc(C(C)(C)C#N)c1. The van der Waals surface area contributed by atoms with Crippen molar-refractivity contribution in [3.63, 3.8) is 0 Å². The number of hydrogen-bond acceptors (Lipinski definition) is 2. The van der Waals surface area contributed by atoms with E-state index in [1.807, 2.05) is 26.0 Å². The molecule has 2 heteroatoms. The van der Waals surface area contributed by atoms with Gasteiger partial charge < -0.3 is 0 Å². The lowest BCUT2D eigenvalue weighted by atomic mass is 9.83. The van der Waals surface area contributed by atoms with Gasteiger partial charge in [0.25, 0.3) is 0 Å². The highest BCUT2D eigenvalue weighted by Crippen LogP contribution is 2.26. The molecule has 0 aliphatic rings. The van der Waals surface area contributed by atoms with Crippen LogP contribution >= 0.6 is 0 Å². The van der Waals surface area contributed by atoms with E-state index >= 15 is 0 Å². The first-order valence-electron chi connectivity index (χ1n) is 5.15. The van der Waals surface area contributed by atoms with E-state index in [1.54, 1.807) is 6.20 Å². The van der Waals surface area contributed by atoms with Gasteiger partial charge >= 0.3 is 0 Å². The van der Waals surface area contributed by atoms with Crippen LogP contribution in [0.15, 0.2) is 18.3 Å². The van der Waals surface area contributed by atoms with Crippen LogP contribution in [0.4, 0.5) is 0 Å². The lowest BCUT2D eigenvalue weighted by Crippen LogP contribution is -2.19. The van der Waals surface area contributed by atoms with Gasteiger partial charge in [-0.1, -0.05) is 20.8 Å². The van der Waals surface area contributed by atoms with Crippen molar-refractivity contribution < 1.29 is 0 Å². The minimum absolute atomic E-state index is 0.100. The number of hydrogen-bond donors (Lipinski definition) is 0. The van der Waals surface area contributed by atoms with Gasteiger partial charge in [0.05, 0.1) is 17.2 Å². The van der Waals surface area contributed by atoms with Crippen LogP contribution in [-0.4, -0.2) is 4.98 Å². The van der Waals surface area contributed by atoms with Crippen LogP contribution in [0, 0.1) is 11.3 Å². The highest BCUT2D eigenvalue weighted by Gasteiger charge is 2.23. The Labute approximate surface area is 92.0 Å². The Balaban J connectivity index is 3.22. The molecule has 0 N–H and O–H groups in total. The molecule has 0 aliphatic carbocycles. The van der Waals surface area contributed by atoms with Crippen molar-refractivity contribution in [1.29, 1.82) is 5.26 Å². The molecule has 0 aromatic carbocycles. The van der Waals surface area contributed by atoms with Gasteiger partial charge in [0, 0.05) is 6.20 Å². The van der Waals surface area contributed by atoms with Crippen molar-refractivity contribution >= 4 is 0 Å². The van der Waals surface area contributed by atoms with Crippen molar-refractivity contribution in [1.82, 2.24) is 4.98 Å². The molecule has 1 rings (SSSR count). The monoisotopic (exact) mass is 202 g/mol. The molecule has 0 atom stereocenters. The third-order valence-electron chi connectivity index (χ3n) is 2.55. The predicted octanol–water partition coefficient (Wildman–Crippen LogP) is 3.18. The number of nitrogens with zero attached hydrogens (tertiary/aromatic N) is 2. The van der Waals surface area contributed by atoms with Crippen LogP contribution < -0.4 is 0 Å². The fraction of sp³-hybridized carbons (Fsp3) is 0.538. The van der Waals surface area contributed by atoms with Gasteiger partial charge in [-0.3, -0.25) is 4.98 Å². The summed E-state index contributed by atoms with van der Waals surface area (Å²) in [5, 5.41) is 9.05. The second-order valence-corrected chi connectivity index (χ2v) is 5.42. The zero-order valence-electron chi connectivity index (χ0n) is 10.1. The zero-order chi connectivity index (χ0) is 11.7. The number of pyridine rings is 1. The van der Waals surface area contributed by atoms with E-state index in [9.17, 15) is 0 Å². The minimum atomic E-state index is -0.513. The Bertz CT molecular complexity index is 392. The minimum Gasteiger partial charge on any atom is -0.260 e. The lowest BCUT2D eigenvalue weighted by Gasteiger charge is -2.22. The fourth-order valence-electron chi connectivity index (χ4n) is 1.30. The summed E-state index contributed by atoms with van der Waals surface area (Å²) in [4.78, 5) is 4.27. The normalized spacial score (nSPS) is 12.3.